The lowest BCUT2D eigenvalue weighted by atomic mass is 10.1. The lowest BCUT2D eigenvalue weighted by molar-refractivity contribution is -0.384. The van der Waals surface area contributed by atoms with Crippen molar-refractivity contribution in [2.75, 3.05) is 0 Å². The van der Waals surface area contributed by atoms with E-state index in [1.165, 1.54) is 24.3 Å². The van der Waals surface area contributed by atoms with Crippen LogP contribution in [0.2, 0.25) is 0 Å². The van der Waals surface area contributed by atoms with Gasteiger partial charge in [0.15, 0.2) is 5.70 Å². The summed E-state index contributed by atoms with van der Waals surface area (Å²) < 4.78 is 5.09. The Morgan fingerprint density at radius 2 is 2.08 bits per heavy atom. The molecule has 0 bridgehead atoms. The third-order valence-electron chi connectivity index (χ3n) is 3.45. The number of nitro groups is 1. The topological polar surface area (TPSA) is 110 Å². The van der Waals surface area contributed by atoms with Gasteiger partial charge in [-0.15, -0.1) is 0 Å². The molecule has 2 rings (SSSR count). The molecule has 0 saturated carbocycles. The number of halogens is 1. The summed E-state index contributed by atoms with van der Waals surface area (Å²) in [7, 11) is 0. The van der Waals surface area contributed by atoms with Crippen LogP contribution in [0.5, 0.6) is 0 Å². The van der Waals surface area contributed by atoms with Crippen molar-refractivity contribution < 1.29 is 24.4 Å². The normalized spacial score (nSPS) is 17.8. The van der Waals surface area contributed by atoms with Gasteiger partial charge in [0.2, 0.25) is 5.91 Å². The highest BCUT2D eigenvalue weighted by molar-refractivity contribution is 6.25. The Hall–Kier alpha value is -2.61. The van der Waals surface area contributed by atoms with E-state index in [1.54, 1.807) is 6.92 Å². The number of allylic oxidation sites excluding steroid dienone is 1. The summed E-state index contributed by atoms with van der Waals surface area (Å²) in [5.74, 6) is -1.55. The summed E-state index contributed by atoms with van der Waals surface area (Å²) >= 11 is 5.90. The fourth-order valence-corrected chi connectivity index (χ4v) is 2.43. The second-order valence-corrected chi connectivity index (χ2v) is 5.55. The second kappa shape index (κ2) is 7.31. The Morgan fingerprint density at radius 3 is 2.54 bits per heavy atom. The van der Waals surface area contributed by atoms with Crippen LogP contribution in [-0.2, 0) is 20.9 Å². The minimum atomic E-state index is -0.883. The molecule has 1 saturated heterocycles. The molecule has 128 valence electrons. The van der Waals surface area contributed by atoms with Gasteiger partial charge in [0.1, 0.15) is 17.9 Å². The van der Waals surface area contributed by atoms with Crippen LogP contribution in [0.15, 0.2) is 35.7 Å². The molecular weight excluding hydrogens is 340 g/mol. The highest BCUT2D eigenvalue weighted by atomic mass is 35.5. The van der Waals surface area contributed by atoms with Crippen molar-refractivity contribution in [3.63, 3.8) is 0 Å². The summed E-state index contributed by atoms with van der Waals surface area (Å²) in [6, 6.07) is 5.48. The van der Waals surface area contributed by atoms with Crippen LogP contribution < -0.4 is 0 Å². The van der Waals surface area contributed by atoms with Crippen molar-refractivity contribution in [1.82, 2.24) is 4.90 Å². The number of carbonyl (C=O) groups excluding carboxylic acids is 2. The van der Waals surface area contributed by atoms with Gasteiger partial charge in [0.25, 0.3) is 5.69 Å². The number of β-lactam (4-membered cyclic amide) rings is 1. The number of esters is 1. The van der Waals surface area contributed by atoms with Crippen molar-refractivity contribution in [3.8, 4) is 0 Å². The molecule has 0 spiro atoms. The third-order valence-corrected chi connectivity index (χ3v) is 3.80. The number of nitro benzene ring substituents is 1. The summed E-state index contributed by atoms with van der Waals surface area (Å²) in [5.41, 5.74) is -0.518. The molecule has 0 radical (unpaired) electrons. The van der Waals surface area contributed by atoms with E-state index in [9.17, 15) is 24.8 Å². The van der Waals surface area contributed by atoms with Gasteiger partial charge in [-0.05, 0) is 17.7 Å². The highest BCUT2D eigenvalue weighted by Gasteiger charge is 2.41. The van der Waals surface area contributed by atoms with Crippen LogP contribution >= 0.6 is 11.6 Å². The number of benzene rings is 1. The van der Waals surface area contributed by atoms with Crippen molar-refractivity contribution in [1.29, 1.82) is 0 Å². The molecule has 0 aromatic heterocycles. The molecule has 1 amide bonds. The number of likely N-dealkylation sites (tertiary alicyclic amines) is 1. The number of nitrogens with zero attached hydrogens (tertiary/aromatic N) is 2. The molecular formula is C15H15ClN2O6. The fraction of sp³-hybridized carbons (Fsp3) is 0.333. The maximum absolute atomic E-state index is 12.2. The van der Waals surface area contributed by atoms with Crippen molar-refractivity contribution in [2.24, 2.45) is 0 Å². The predicted molar refractivity (Wildman–Crippen MR) is 83.9 cm³/mol. The molecule has 1 heterocycles. The number of amides is 1. The van der Waals surface area contributed by atoms with Crippen molar-refractivity contribution >= 4 is 29.2 Å². The zero-order chi connectivity index (χ0) is 17.9. The number of rotatable bonds is 6. The minimum absolute atomic E-state index is 0.0783. The van der Waals surface area contributed by atoms with Gasteiger partial charge >= 0.3 is 5.97 Å². The van der Waals surface area contributed by atoms with E-state index in [2.05, 4.69) is 0 Å². The summed E-state index contributed by atoms with van der Waals surface area (Å²) in [4.78, 5) is 34.9. The third kappa shape index (κ3) is 3.65. The molecule has 24 heavy (non-hydrogen) atoms. The summed E-state index contributed by atoms with van der Waals surface area (Å²) in [5, 5.41) is 20.5. The molecule has 1 N–H and O–H groups in total. The van der Waals surface area contributed by atoms with Crippen molar-refractivity contribution in [3.05, 3.63) is 51.4 Å². The first-order valence-electron chi connectivity index (χ1n) is 7.13. The Kier molecular flexibility index (Phi) is 5.40. The number of aliphatic hydroxyl groups excluding tert-OH is 1. The van der Waals surface area contributed by atoms with Crippen LogP contribution in [0.4, 0.5) is 5.69 Å². The van der Waals surface area contributed by atoms with Gasteiger partial charge in [-0.2, -0.15) is 0 Å². The Bertz CT molecular complexity index is 700. The lowest BCUT2D eigenvalue weighted by Gasteiger charge is -2.36. The van der Waals surface area contributed by atoms with Crippen LogP contribution in [0.25, 0.3) is 0 Å². The van der Waals surface area contributed by atoms with Crippen LogP contribution in [-0.4, -0.2) is 32.3 Å². The number of hydrogen-bond acceptors (Lipinski definition) is 6. The Morgan fingerprint density at radius 1 is 1.46 bits per heavy atom. The Labute approximate surface area is 142 Å². The molecule has 1 atom stereocenters. The van der Waals surface area contributed by atoms with E-state index >= 15 is 0 Å². The number of hydrogen-bond donors (Lipinski definition) is 1. The maximum atomic E-state index is 12.2. The minimum Gasteiger partial charge on any atom is -0.510 e. The molecule has 1 aliphatic heterocycles. The van der Waals surface area contributed by atoms with Gasteiger partial charge in [-0.25, -0.2) is 4.79 Å². The predicted octanol–water partition coefficient (Wildman–Crippen LogP) is 2.61. The number of ether oxygens (including phenoxy) is 1. The first-order valence-corrected chi connectivity index (χ1v) is 7.57. The van der Waals surface area contributed by atoms with E-state index in [-0.39, 0.29) is 42.5 Å². The van der Waals surface area contributed by atoms with Crippen LogP contribution in [0.1, 0.15) is 25.3 Å². The number of alkyl halides is 1. The van der Waals surface area contributed by atoms with Crippen LogP contribution in [0, 0.1) is 10.1 Å². The fourth-order valence-electron chi connectivity index (χ4n) is 2.10. The van der Waals surface area contributed by atoms with E-state index < -0.39 is 16.4 Å². The zero-order valence-electron chi connectivity index (χ0n) is 12.8. The van der Waals surface area contributed by atoms with E-state index in [4.69, 9.17) is 16.3 Å². The lowest BCUT2D eigenvalue weighted by Crippen LogP contribution is -2.50. The first kappa shape index (κ1) is 17.7. The number of non-ortho nitro benzene ring substituents is 1. The summed E-state index contributed by atoms with van der Waals surface area (Å²) in [6.45, 7) is 1.46. The van der Waals surface area contributed by atoms with Gasteiger partial charge < -0.3 is 9.84 Å². The van der Waals surface area contributed by atoms with E-state index in [0.717, 1.165) is 4.90 Å². The average molecular weight is 355 g/mol. The highest BCUT2D eigenvalue weighted by Crippen LogP contribution is 2.30. The van der Waals surface area contributed by atoms with Gasteiger partial charge in [0, 0.05) is 18.6 Å². The molecule has 0 aliphatic carbocycles. The van der Waals surface area contributed by atoms with Gasteiger partial charge in [-0.3, -0.25) is 19.8 Å². The molecule has 1 aliphatic rings. The summed E-state index contributed by atoms with van der Waals surface area (Å²) in [6.07, 6.45) is 0.215. The molecule has 8 nitrogen and oxygen atoms in total. The van der Waals surface area contributed by atoms with E-state index in [1.807, 2.05) is 0 Å². The number of carbonyl (C=O) groups is 2. The smallest absolute Gasteiger partial charge is 0.358 e. The molecule has 1 aromatic carbocycles. The molecule has 1 fully saturated rings. The second-order valence-electron chi connectivity index (χ2n) is 5.05. The molecule has 1 unspecified atom stereocenters. The maximum Gasteiger partial charge on any atom is 0.358 e. The Balaban J connectivity index is 2.08. The first-order chi connectivity index (χ1) is 11.3. The van der Waals surface area contributed by atoms with Crippen molar-refractivity contribution in [2.45, 2.75) is 31.9 Å². The van der Waals surface area contributed by atoms with Gasteiger partial charge in [0.05, 0.1) is 11.3 Å². The van der Waals surface area contributed by atoms with Crippen LogP contribution in [0.3, 0.4) is 0 Å². The largest absolute Gasteiger partial charge is 0.510 e. The number of aliphatic hydroxyl groups is 1. The zero-order valence-corrected chi connectivity index (χ0v) is 13.5. The van der Waals surface area contributed by atoms with E-state index in [0.29, 0.717) is 5.56 Å². The average Bonchev–Trinajstić information content (AvgIpc) is 2.57. The quantitative estimate of drug-likeness (QED) is 0.123. The van der Waals surface area contributed by atoms with Gasteiger partial charge in [-0.1, -0.05) is 18.5 Å². The SMILES string of the molecule is CC/C(O)=C(/C(=O)OCc1ccc([N+](=O)[O-])cc1)N1C(=O)CC1Cl. The monoisotopic (exact) mass is 354 g/mol. The molecule has 1 aromatic rings. The standard InChI is InChI=1S/C15H15ClN2O6/c1-2-11(19)14(17-12(16)7-13(17)20)15(21)24-8-9-3-5-10(6-4-9)18(22)23/h3-6,12,19H,2,7-8H2,1H3/b14-11+. The molecule has 9 heteroatoms.